The van der Waals surface area contributed by atoms with Crippen molar-refractivity contribution >= 4 is 12.1 Å². The van der Waals surface area contributed by atoms with E-state index in [1.54, 1.807) is 17.0 Å². The molecule has 5 nitrogen and oxygen atoms in total. The van der Waals surface area contributed by atoms with Gasteiger partial charge in [0.25, 0.3) is 0 Å². The number of hydrogen-bond donors (Lipinski definition) is 0. The molecule has 0 saturated carbocycles. The molecule has 0 unspecified atom stereocenters. The lowest BCUT2D eigenvalue weighted by Gasteiger charge is -2.41. The van der Waals surface area contributed by atoms with Gasteiger partial charge in [-0.25, -0.2) is 9.18 Å². The number of amides is 1. The summed E-state index contributed by atoms with van der Waals surface area (Å²) in [6, 6.07) is 16.0. The normalized spacial score (nSPS) is 15.8. The van der Waals surface area contributed by atoms with Crippen molar-refractivity contribution in [2.24, 2.45) is 5.41 Å². The maximum absolute atomic E-state index is 13.4. The van der Waals surface area contributed by atoms with Gasteiger partial charge in [0.1, 0.15) is 18.0 Å². The average Bonchev–Trinajstić information content (AvgIpc) is 2.74. The molecule has 2 aromatic carbocycles. The van der Waals surface area contributed by atoms with Gasteiger partial charge in [-0.05, 0) is 68.7 Å². The van der Waals surface area contributed by atoms with Gasteiger partial charge in [0, 0.05) is 13.1 Å². The summed E-state index contributed by atoms with van der Waals surface area (Å²) in [6.45, 7) is 6.77. The average molecular weight is 442 g/mol. The van der Waals surface area contributed by atoms with Crippen LogP contribution in [0.1, 0.15) is 51.2 Å². The summed E-state index contributed by atoms with van der Waals surface area (Å²) < 4.78 is 24.4. The highest BCUT2D eigenvalue weighted by molar-refractivity contribution is 5.71. The van der Waals surface area contributed by atoms with Crippen LogP contribution in [-0.4, -0.2) is 35.7 Å². The number of hydrogen-bond acceptors (Lipinski definition) is 4. The fourth-order valence-electron chi connectivity index (χ4n) is 4.04. The summed E-state index contributed by atoms with van der Waals surface area (Å²) >= 11 is 0. The molecular weight excluding hydrogens is 409 g/mol. The monoisotopic (exact) mass is 441 g/mol. The molecule has 1 amide bonds. The van der Waals surface area contributed by atoms with E-state index < -0.39 is 5.60 Å². The van der Waals surface area contributed by atoms with Crippen molar-refractivity contribution in [1.29, 1.82) is 0 Å². The number of halogens is 1. The van der Waals surface area contributed by atoms with Gasteiger partial charge in [0.05, 0.1) is 6.42 Å². The molecule has 3 rings (SSSR count). The van der Waals surface area contributed by atoms with Crippen LogP contribution in [0.4, 0.5) is 9.18 Å². The highest BCUT2D eigenvalue weighted by Crippen LogP contribution is 2.39. The summed E-state index contributed by atoms with van der Waals surface area (Å²) in [5.41, 5.74) is 0.992. The molecule has 0 aromatic heterocycles. The van der Waals surface area contributed by atoms with Crippen LogP contribution >= 0.6 is 0 Å². The lowest BCUT2D eigenvalue weighted by atomic mass is 9.71. The molecule has 0 radical (unpaired) electrons. The Labute approximate surface area is 189 Å². The Hall–Kier alpha value is -2.89. The van der Waals surface area contributed by atoms with Crippen molar-refractivity contribution in [3.8, 4) is 0 Å². The van der Waals surface area contributed by atoms with Crippen molar-refractivity contribution in [3.05, 3.63) is 71.5 Å². The Balaban J connectivity index is 1.67. The van der Waals surface area contributed by atoms with Crippen LogP contribution in [0, 0.1) is 11.2 Å². The Bertz CT molecular complexity index is 898. The first-order chi connectivity index (χ1) is 15.1. The smallest absolute Gasteiger partial charge is 0.410 e. The predicted molar refractivity (Wildman–Crippen MR) is 120 cm³/mol. The molecule has 0 atom stereocenters. The van der Waals surface area contributed by atoms with Gasteiger partial charge in [-0.3, -0.25) is 4.79 Å². The van der Waals surface area contributed by atoms with E-state index in [9.17, 15) is 14.0 Å². The standard InChI is InChI=1S/C26H32FNO4/c1-25(2,3)32-24(30)28-15-13-26(14-16-28,17-20-9-11-22(27)12-10-20)18-23(29)31-19-21-7-5-4-6-8-21/h4-12H,13-19H2,1-3H3. The zero-order chi connectivity index (χ0) is 23.2. The third-order valence-electron chi connectivity index (χ3n) is 5.73. The number of piperidine rings is 1. The number of likely N-dealkylation sites (tertiary alicyclic amines) is 1. The number of ether oxygens (including phenoxy) is 2. The quantitative estimate of drug-likeness (QED) is 0.554. The Morgan fingerprint density at radius 2 is 1.59 bits per heavy atom. The van der Waals surface area contributed by atoms with Gasteiger partial charge in [-0.1, -0.05) is 42.5 Å². The third-order valence-corrected chi connectivity index (χ3v) is 5.73. The van der Waals surface area contributed by atoms with E-state index in [2.05, 4.69) is 0 Å². The largest absolute Gasteiger partial charge is 0.461 e. The first-order valence-electron chi connectivity index (χ1n) is 11.1. The van der Waals surface area contributed by atoms with Crippen LogP contribution in [0.2, 0.25) is 0 Å². The lowest BCUT2D eigenvalue weighted by Crippen LogP contribution is -2.46. The number of rotatable bonds is 6. The minimum absolute atomic E-state index is 0.232. The van der Waals surface area contributed by atoms with Crippen LogP contribution in [0.3, 0.4) is 0 Å². The predicted octanol–water partition coefficient (Wildman–Crippen LogP) is 5.52. The molecule has 2 aromatic rings. The Morgan fingerprint density at radius 1 is 0.969 bits per heavy atom. The summed E-state index contributed by atoms with van der Waals surface area (Å²) in [7, 11) is 0. The van der Waals surface area contributed by atoms with E-state index >= 15 is 0 Å². The van der Waals surface area contributed by atoms with E-state index in [0.717, 1.165) is 11.1 Å². The fraction of sp³-hybridized carbons (Fsp3) is 0.462. The van der Waals surface area contributed by atoms with Crippen LogP contribution < -0.4 is 0 Å². The molecule has 1 fully saturated rings. The Morgan fingerprint density at radius 3 is 2.19 bits per heavy atom. The summed E-state index contributed by atoms with van der Waals surface area (Å²) in [5.74, 6) is -0.550. The summed E-state index contributed by atoms with van der Waals surface area (Å²) in [5, 5.41) is 0. The minimum atomic E-state index is -0.555. The minimum Gasteiger partial charge on any atom is -0.461 e. The van der Waals surface area contributed by atoms with Gasteiger partial charge in [0.2, 0.25) is 0 Å². The Kier molecular flexibility index (Phi) is 7.54. The first kappa shape index (κ1) is 23.8. The van der Waals surface area contributed by atoms with E-state index in [0.29, 0.717) is 32.4 Å². The summed E-state index contributed by atoms with van der Waals surface area (Å²) in [6.07, 6.45) is 1.82. The number of esters is 1. The molecule has 32 heavy (non-hydrogen) atoms. The number of benzene rings is 2. The van der Waals surface area contributed by atoms with Crippen molar-refractivity contribution in [2.75, 3.05) is 13.1 Å². The van der Waals surface area contributed by atoms with Gasteiger partial charge >= 0.3 is 12.1 Å². The third kappa shape index (κ3) is 7.08. The van der Waals surface area contributed by atoms with Crippen LogP contribution in [0.5, 0.6) is 0 Å². The van der Waals surface area contributed by atoms with E-state index in [4.69, 9.17) is 9.47 Å². The van der Waals surface area contributed by atoms with Gasteiger partial charge in [-0.15, -0.1) is 0 Å². The SMILES string of the molecule is CC(C)(C)OC(=O)N1CCC(CC(=O)OCc2ccccc2)(Cc2ccc(F)cc2)CC1. The highest BCUT2D eigenvalue weighted by Gasteiger charge is 2.39. The molecule has 1 aliphatic heterocycles. The molecule has 6 heteroatoms. The molecular formula is C26H32FNO4. The number of carbonyl (C=O) groups excluding carboxylic acids is 2. The fourth-order valence-corrected chi connectivity index (χ4v) is 4.04. The van der Waals surface area contributed by atoms with Crippen molar-refractivity contribution < 1.29 is 23.5 Å². The van der Waals surface area contributed by atoms with Crippen molar-refractivity contribution in [3.63, 3.8) is 0 Å². The topological polar surface area (TPSA) is 55.8 Å². The second kappa shape index (κ2) is 10.2. The molecule has 0 N–H and O–H groups in total. The molecule has 1 aliphatic rings. The number of carbonyl (C=O) groups is 2. The first-order valence-corrected chi connectivity index (χ1v) is 11.1. The van der Waals surface area contributed by atoms with Crippen molar-refractivity contribution in [2.45, 2.75) is 58.7 Å². The zero-order valence-electron chi connectivity index (χ0n) is 19.1. The second-order valence-electron chi connectivity index (χ2n) is 9.59. The molecule has 1 saturated heterocycles. The van der Waals surface area contributed by atoms with E-state index in [1.807, 2.05) is 51.1 Å². The molecule has 1 heterocycles. The van der Waals surface area contributed by atoms with Gasteiger partial charge in [-0.2, -0.15) is 0 Å². The number of nitrogens with zero attached hydrogens (tertiary/aromatic N) is 1. The molecule has 0 bridgehead atoms. The zero-order valence-corrected chi connectivity index (χ0v) is 19.1. The molecule has 172 valence electrons. The highest BCUT2D eigenvalue weighted by atomic mass is 19.1. The van der Waals surface area contributed by atoms with Crippen LogP contribution in [-0.2, 0) is 27.3 Å². The van der Waals surface area contributed by atoms with Gasteiger partial charge in [0.15, 0.2) is 0 Å². The molecule has 0 aliphatic carbocycles. The summed E-state index contributed by atoms with van der Waals surface area (Å²) in [4.78, 5) is 26.9. The van der Waals surface area contributed by atoms with Crippen LogP contribution in [0.25, 0.3) is 0 Å². The maximum Gasteiger partial charge on any atom is 0.410 e. The maximum atomic E-state index is 13.4. The van der Waals surface area contributed by atoms with Crippen molar-refractivity contribution in [1.82, 2.24) is 4.90 Å². The van der Waals surface area contributed by atoms with Crippen LogP contribution in [0.15, 0.2) is 54.6 Å². The van der Waals surface area contributed by atoms with E-state index in [1.165, 1.54) is 12.1 Å². The second-order valence-corrected chi connectivity index (χ2v) is 9.59. The molecule has 0 spiro atoms. The van der Waals surface area contributed by atoms with Gasteiger partial charge < -0.3 is 14.4 Å². The lowest BCUT2D eigenvalue weighted by molar-refractivity contribution is -0.148. The van der Waals surface area contributed by atoms with E-state index in [-0.39, 0.29) is 36.3 Å².